The molecule has 0 aliphatic carbocycles. The van der Waals surface area contributed by atoms with Crippen LogP contribution in [0, 0.1) is 0 Å². The molecule has 0 aliphatic rings. The van der Waals surface area contributed by atoms with Crippen molar-refractivity contribution in [2.75, 3.05) is 7.11 Å². The van der Waals surface area contributed by atoms with Gasteiger partial charge in [-0.05, 0) is 12.1 Å². The second-order valence-electron chi connectivity index (χ2n) is 3.69. The SMILES string of the molecule is COc1ccc(C=O)c(OCc2cn(C)nn2)c1. The molecule has 0 spiro atoms. The zero-order valence-corrected chi connectivity index (χ0v) is 10.2. The summed E-state index contributed by atoms with van der Waals surface area (Å²) in [6, 6.07) is 5.02. The average Bonchev–Trinajstić information content (AvgIpc) is 2.81. The summed E-state index contributed by atoms with van der Waals surface area (Å²) in [4.78, 5) is 10.9. The Labute approximate surface area is 104 Å². The van der Waals surface area contributed by atoms with Crippen molar-refractivity contribution in [1.82, 2.24) is 15.0 Å². The molecular weight excluding hydrogens is 234 g/mol. The van der Waals surface area contributed by atoms with E-state index in [-0.39, 0.29) is 6.61 Å². The van der Waals surface area contributed by atoms with Gasteiger partial charge in [0.1, 0.15) is 23.8 Å². The molecule has 94 valence electrons. The molecule has 0 bridgehead atoms. The van der Waals surface area contributed by atoms with Gasteiger partial charge in [-0.25, -0.2) is 0 Å². The molecule has 0 N–H and O–H groups in total. The molecule has 6 heteroatoms. The van der Waals surface area contributed by atoms with Crippen molar-refractivity contribution in [2.45, 2.75) is 6.61 Å². The minimum atomic E-state index is 0.252. The number of aryl methyl sites for hydroxylation is 1. The van der Waals surface area contributed by atoms with Crippen LogP contribution < -0.4 is 9.47 Å². The van der Waals surface area contributed by atoms with Gasteiger partial charge in [-0.15, -0.1) is 5.10 Å². The first-order chi connectivity index (χ1) is 8.72. The number of nitrogens with zero attached hydrogens (tertiary/aromatic N) is 3. The van der Waals surface area contributed by atoms with Crippen molar-refractivity contribution in [2.24, 2.45) is 7.05 Å². The van der Waals surface area contributed by atoms with Crippen LogP contribution in [0.1, 0.15) is 16.1 Å². The molecule has 1 heterocycles. The van der Waals surface area contributed by atoms with Crippen LogP contribution in [0.2, 0.25) is 0 Å². The Morgan fingerprint density at radius 2 is 2.28 bits per heavy atom. The van der Waals surface area contributed by atoms with Gasteiger partial charge in [0.2, 0.25) is 0 Å². The van der Waals surface area contributed by atoms with Gasteiger partial charge in [0.05, 0.1) is 18.9 Å². The van der Waals surface area contributed by atoms with Gasteiger partial charge in [-0.1, -0.05) is 5.21 Å². The van der Waals surface area contributed by atoms with Gasteiger partial charge in [0, 0.05) is 13.1 Å². The van der Waals surface area contributed by atoms with E-state index < -0.39 is 0 Å². The van der Waals surface area contributed by atoms with E-state index in [1.54, 1.807) is 43.2 Å². The van der Waals surface area contributed by atoms with Crippen LogP contribution in [0.4, 0.5) is 0 Å². The van der Waals surface area contributed by atoms with Crippen LogP contribution in [0.25, 0.3) is 0 Å². The lowest BCUT2D eigenvalue weighted by molar-refractivity contribution is 0.111. The van der Waals surface area contributed by atoms with E-state index in [0.717, 1.165) is 6.29 Å². The van der Waals surface area contributed by atoms with Crippen LogP contribution >= 0.6 is 0 Å². The van der Waals surface area contributed by atoms with E-state index in [4.69, 9.17) is 9.47 Å². The first-order valence-corrected chi connectivity index (χ1v) is 5.34. The van der Waals surface area contributed by atoms with Crippen molar-refractivity contribution in [3.63, 3.8) is 0 Å². The summed E-state index contributed by atoms with van der Waals surface area (Å²) in [7, 11) is 3.33. The predicted molar refractivity (Wildman–Crippen MR) is 63.7 cm³/mol. The molecule has 0 saturated carbocycles. The first kappa shape index (κ1) is 12.1. The molecule has 0 fully saturated rings. The van der Waals surface area contributed by atoms with E-state index in [9.17, 15) is 4.79 Å². The van der Waals surface area contributed by atoms with Gasteiger partial charge in [-0.3, -0.25) is 9.48 Å². The van der Waals surface area contributed by atoms with Crippen LogP contribution in [0.3, 0.4) is 0 Å². The molecular formula is C12H13N3O3. The van der Waals surface area contributed by atoms with Crippen molar-refractivity contribution < 1.29 is 14.3 Å². The van der Waals surface area contributed by atoms with E-state index in [0.29, 0.717) is 22.8 Å². The molecule has 2 rings (SSSR count). The van der Waals surface area contributed by atoms with Gasteiger partial charge in [0.15, 0.2) is 6.29 Å². The van der Waals surface area contributed by atoms with Crippen molar-refractivity contribution in [3.05, 3.63) is 35.7 Å². The maximum absolute atomic E-state index is 10.9. The highest BCUT2D eigenvalue weighted by Gasteiger charge is 2.06. The normalized spacial score (nSPS) is 10.1. The summed E-state index contributed by atoms with van der Waals surface area (Å²) < 4.78 is 12.2. The lowest BCUT2D eigenvalue weighted by atomic mass is 10.2. The fourth-order valence-electron chi connectivity index (χ4n) is 1.48. The summed E-state index contributed by atoms with van der Waals surface area (Å²) in [5.41, 5.74) is 1.16. The van der Waals surface area contributed by atoms with Gasteiger partial charge in [-0.2, -0.15) is 0 Å². The topological polar surface area (TPSA) is 66.2 Å². The molecule has 0 aliphatic heterocycles. The molecule has 0 atom stereocenters. The second kappa shape index (κ2) is 5.31. The summed E-state index contributed by atoms with van der Waals surface area (Å²) >= 11 is 0. The third kappa shape index (κ3) is 2.65. The number of benzene rings is 1. The lowest BCUT2D eigenvalue weighted by Gasteiger charge is -2.08. The maximum atomic E-state index is 10.9. The number of rotatable bonds is 5. The van der Waals surface area contributed by atoms with Crippen molar-refractivity contribution in [1.29, 1.82) is 0 Å². The monoisotopic (exact) mass is 247 g/mol. The zero-order chi connectivity index (χ0) is 13.0. The number of ether oxygens (including phenoxy) is 2. The Bertz CT molecular complexity index is 551. The van der Waals surface area contributed by atoms with Crippen LogP contribution in [0.15, 0.2) is 24.4 Å². The van der Waals surface area contributed by atoms with Crippen molar-refractivity contribution in [3.8, 4) is 11.5 Å². The van der Waals surface area contributed by atoms with E-state index >= 15 is 0 Å². The Kier molecular flexibility index (Phi) is 3.57. The number of hydrogen-bond donors (Lipinski definition) is 0. The molecule has 0 unspecified atom stereocenters. The Hall–Kier alpha value is -2.37. The fraction of sp³-hybridized carbons (Fsp3) is 0.250. The number of methoxy groups -OCH3 is 1. The number of hydrogen-bond acceptors (Lipinski definition) is 5. The third-order valence-corrected chi connectivity index (χ3v) is 2.37. The molecule has 1 aromatic carbocycles. The minimum Gasteiger partial charge on any atom is -0.497 e. The molecule has 2 aromatic rings. The number of carbonyl (C=O) groups is 1. The number of aromatic nitrogens is 3. The highest BCUT2D eigenvalue weighted by Crippen LogP contribution is 2.24. The minimum absolute atomic E-state index is 0.252. The third-order valence-electron chi connectivity index (χ3n) is 2.37. The largest absolute Gasteiger partial charge is 0.497 e. The molecule has 0 saturated heterocycles. The zero-order valence-electron chi connectivity index (χ0n) is 10.2. The quantitative estimate of drug-likeness (QED) is 0.743. The summed E-state index contributed by atoms with van der Waals surface area (Å²) in [6.45, 7) is 0.252. The van der Waals surface area contributed by atoms with E-state index in [1.165, 1.54) is 0 Å². The summed E-state index contributed by atoms with van der Waals surface area (Å²) in [5, 5.41) is 7.69. The molecule has 18 heavy (non-hydrogen) atoms. The first-order valence-electron chi connectivity index (χ1n) is 5.34. The standard InChI is InChI=1S/C12H13N3O3/c1-15-6-10(13-14-15)8-18-12-5-11(17-2)4-3-9(12)7-16/h3-7H,8H2,1-2H3. The Morgan fingerprint density at radius 1 is 1.44 bits per heavy atom. The Morgan fingerprint density at radius 3 is 2.89 bits per heavy atom. The van der Waals surface area contributed by atoms with Crippen LogP contribution in [-0.2, 0) is 13.7 Å². The highest BCUT2D eigenvalue weighted by molar-refractivity contribution is 5.79. The smallest absolute Gasteiger partial charge is 0.153 e. The van der Waals surface area contributed by atoms with Gasteiger partial charge in [0.25, 0.3) is 0 Å². The number of aldehydes is 1. The summed E-state index contributed by atoms with van der Waals surface area (Å²) in [5.74, 6) is 1.10. The fourth-order valence-corrected chi connectivity index (χ4v) is 1.48. The highest BCUT2D eigenvalue weighted by atomic mass is 16.5. The molecule has 6 nitrogen and oxygen atoms in total. The van der Waals surface area contributed by atoms with E-state index in [1.807, 2.05) is 0 Å². The Balaban J connectivity index is 2.14. The van der Waals surface area contributed by atoms with Gasteiger partial charge < -0.3 is 9.47 Å². The second-order valence-corrected chi connectivity index (χ2v) is 3.69. The van der Waals surface area contributed by atoms with Crippen LogP contribution in [0.5, 0.6) is 11.5 Å². The summed E-state index contributed by atoms with van der Waals surface area (Å²) in [6.07, 6.45) is 2.49. The molecule has 1 aromatic heterocycles. The van der Waals surface area contributed by atoms with Crippen LogP contribution in [-0.4, -0.2) is 28.4 Å². The predicted octanol–water partition coefficient (Wildman–Crippen LogP) is 1.22. The lowest BCUT2D eigenvalue weighted by Crippen LogP contribution is -1.99. The van der Waals surface area contributed by atoms with Gasteiger partial charge >= 0.3 is 0 Å². The average molecular weight is 247 g/mol. The molecule has 0 radical (unpaired) electrons. The van der Waals surface area contributed by atoms with Crippen molar-refractivity contribution >= 4 is 6.29 Å². The number of carbonyl (C=O) groups excluding carboxylic acids is 1. The maximum Gasteiger partial charge on any atom is 0.153 e. The van der Waals surface area contributed by atoms with E-state index in [2.05, 4.69) is 10.3 Å². The molecule has 0 amide bonds.